The van der Waals surface area contributed by atoms with Crippen molar-refractivity contribution in [1.29, 1.82) is 0 Å². The molecular formula is C16H13N3O4S. The van der Waals surface area contributed by atoms with Crippen molar-refractivity contribution in [2.45, 2.75) is 0 Å². The van der Waals surface area contributed by atoms with Gasteiger partial charge in [-0.1, -0.05) is 11.3 Å². The zero-order chi connectivity index (χ0) is 17.1. The molecule has 1 heterocycles. The molecule has 0 saturated carbocycles. The molecule has 3 rings (SSSR count). The number of aliphatic imine (C=N–C) groups is 1. The fraction of sp³-hybridized carbons (Fsp3) is 0.0625. The first-order valence-corrected chi connectivity index (χ1v) is 7.65. The average Bonchev–Trinajstić information content (AvgIpc) is 3.05. The Morgan fingerprint density at radius 1 is 1.00 bits per heavy atom. The Kier molecular flexibility index (Phi) is 4.30. The normalized spacial score (nSPS) is 11.0. The third-order valence-corrected chi connectivity index (χ3v) is 4.04. The van der Waals surface area contributed by atoms with E-state index >= 15 is 0 Å². The van der Waals surface area contributed by atoms with Crippen molar-refractivity contribution in [3.8, 4) is 33.6 Å². The van der Waals surface area contributed by atoms with E-state index in [0.717, 1.165) is 5.56 Å². The molecule has 3 aromatic rings. The Labute approximate surface area is 141 Å². The molecule has 0 aliphatic rings. The number of phenols is 3. The summed E-state index contributed by atoms with van der Waals surface area (Å²) in [4.78, 5) is 4.24. The second-order valence-corrected chi connectivity index (χ2v) is 5.74. The maximum Gasteiger partial charge on any atom is 0.231 e. The lowest BCUT2D eigenvalue weighted by Crippen LogP contribution is -1.86. The lowest BCUT2D eigenvalue weighted by atomic mass is 10.2. The van der Waals surface area contributed by atoms with E-state index in [0.29, 0.717) is 21.5 Å². The quantitative estimate of drug-likeness (QED) is 0.496. The van der Waals surface area contributed by atoms with Crippen LogP contribution in [0.4, 0.5) is 5.13 Å². The van der Waals surface area contributed by atoms with Crippen LogP contribution in [0.2, 0.25) is 0 Å². The van der Waals surface area contributed by atoms with Crippen LogP contribution in [0.5, 0.6) is 23.0 Å². The van der Waals surface area contributed by atoms with E-state index in [1.807, 2.05) is 0 Å². The number of aromatic nitrogens is 2. The van der Waals surface area contributed by atoms with Gasteiger partial charge >= 0.3 is 0 Å². The van der Waals surface area contributed by atoms with E-state index in [4.69, 9.17) is 4.74 Å². The lowest BCUT2D eigenvalue weighted by Gasteiger charge is -2.02. The highest BCUT2D eigenvalue weighted by atomic mass is 32.1. The molecule has 0 unspecified atom stereocenters. The van der Waals surface area contributed by atoms with E-state index in [1.54, 1.807) is 24.4 Å². The molecule has 3 N–H and O–H groups in total. The topological polar surface area (TPSA) is 108 Å². The first-order valence-electron chi connectivity index (χ1n) is 6.84. The summed E-state index contributed by atoms with van der Waals surface area (Å²) in [6.07, 6.45) is 1.58. The van der Waals surface area contributed by atoms with Gasteiger partial charge in [-0.2, -0.15) is 0 Å². The van der Waals surface area contributed by atoms with E-state index in [9.17, 15) is 15.3 Å². The molecule has 1 aromatic heterocycles. The van der Waals surface area contributed by atoms with Gasteiger partial charge in [0.2, 0.25) is 5.13 Å². The molecule has 0 saturated heterocycles. The van der Waals surface area contributed by atoms with Crippen LogP contribution in [0.15, 0.2) is 41.4 Å². The molecule has 0 spiro atoms. The Balaban J connectivity index is 1.82. The summed E-state index contributed by atoms with van der Waals surface area (Å²) in [5, 5.41) is 37.4. The minimum atomic E-state index is -0.219. The van der Waals surface area contributed by atoms with E-state index < -0.39 is 0 Å². The fourth-order valence-corrected chi connectivity index (χ4v) is 2.63. The van der Waals surface area contributed by atoms with Crippen molar-refractivity contribution in [3.05, 3.63) is 42.0 Å². The van der Waals surface area contributed by atoms with Crippen LogP contribution in [0, 0.1) is 0 Å². The predicted molar refractivity (Wildman–Crippen MR) is 90.6 cm³/mol. The highest BCUT2D eigenvalue weighted by Gasteiger charge is 2.08. The van der Waals surface area contributed by atoms with Crippen LogP contribution in [0.3, 0.4) is 0 Å². The maximum absolute atomic E-state index is 9.56. The van der Waals surface area contributed by atoms with Gasteiger partial charge in [0, 0.05) is 11.8 Å². The largest absolute Gasteiger partial charge is 0.504 e. The van der Waals surface area contributed by atoms with Crippen LogP contribution in [0.1, 0.15) is 5.56 Å². The highest BCUT2D eigenvalue weighted by molar-refractivity contribution is 7.18. The third kappa shape index (κ3) is 3.28. The van der Waals surface area contributed by atoms with Gasteiger partial charge < -0.3 is 20.1 Å². The second-order valence-electron chi connectivity index (χ2n) is 4.78. The van der Waals surface area contributed by atoms with Gasteiger partial charge in [-0.25, -0.2) is 4.99 Å². The highest BCUT2D eigenvalue weighted by Crippen LogP contribution is 2.33. The molecule has 7 nitrogen and oxygen atoms in total. The molecule has 0 bridgehead atoms. The van der Waals surface area contributed by atoms with E-state index in [2.05, 4.69) is 15.2 Å². The van der Waals surface area contributed by atoms with Crippen LogP contribution in [-0.2, 0) is 0 Å². The van der Waals surface area contributed by atoms with Gasteiger partial charge in [-0.15, -0.1) is 10.2 Å². The Bertz CT molecular complexity index is 908. The standard InChI is InChI=1S/C16H13N3O4S/c1-23-14-6-9(2-4-12(14)21)8-17-16-19-18-15(24-16)10-3-5-11(20)13(22)7-10/h2-8,20-22H,1H3. The second kappa shape index (κ2) is 6.55. The molecule has 8 heteroatoms. The van der Waals surface area contributed by atoms with Gasteiger partial charge in [-0.3, -0.25) is 0 Å². The number of nitrogens with zero attached hydrogens (tertiary/aromatic N) is 3. The minimum Gasteiger partial charge on any atom is -0.504 e. The number of methoxy groups -OCH3 is 1. The van der Waals surface area contributed by atoms with Crippen molar-refractivity contribution >= 4 is 22.7 Å². The smallest absolute Gasteiger partial charge is 0.231 e. The number of hydrogen-bond donors (Lipinski definition) is 3. The summed E-state index contributed by atoms with van der Waals surface area (Å²) >= 11 is 1.24. The molecule has 0 amide bonds. The molecular weight excluding hydrogens is 330 g/mol. The first kappa shape index (κ1) is 15.8. The third-order valence-electron chi connectivity index (χ3n) is 3.16. The zero-order valence-corrected chi connectivity index (χ0v) is 13.4. The fourth-order valence-electron chi connectivity index (χ4n) is 1.95. The van der Waals surface area contributed by atoms with Crippen LogP contribution >= 0.6 is 11.3 Å². The Morgan fingerprint density at radius 2 is 1.79 bits per heavy atom. The Morgan fingerprint density at radius 3 is 2.54 bits per heavy atom. The molecule has 0 atom stereocenters. The maximum atomic E-state index is 9.56. The summed E-state index contributed by atoms with van der Waals surface area (Å²) in [5.74, 6) is 0.00295. The lowest BCUT2D eigenvalue weighted by molar-refractivity contribution is 0.373. The van der Waals surface area contributed by atoms with E-state index in [-0.39, 0.29) is 17.2 Å². The summed E-state index contributed by atoms with van der Waals surface area (Å²) in [7, 11) is 1.47. The summed E-state index contributed by atoms with van der Waals surface area (Å²) < 4.78 is 5.04. The predicted octanol–water partition coefficient (Wildman–Crippen LogP) is 3.08. The number of ether oxygens (including phenoxy) is 1. The number of phenolic OH excluding ortho intramolecular Hbond substituents is 3. The van der Waals surface area contributed by atoms with Crippen molar-refractivity contribution < 1.29 is 20.1 Å². The minimum absolute atomic E-state index is 0.0555. The molecule has 0 aliphatic carbocycles. The molecule has 122 valence electrons. The summed E-state index contributed by atoms with van der Waals surface area (Å²) in [5.41, 5.74) is 1.37. The molecule has 0 radical (unpaired) electrons. The van der Waals surface area contributed by atoms with Crippen LogP contribution in [0.25, 0.3) is 10.6 Å². The number of rotatable bonds is 4. The zero-order valence-electron chi connectivity index (χ0n) is 12.5. The van der Waals surface area contributed by atoms with Crippen molar-refractivity contribution in [3.63, 3.8) is 0 Å². The van der Waals surface area contributed by atoms with Crippen LogP contribution in [-0.4, -0.2) is 38.8 Å². The number of hydrogen-bond acceptors (Lipinski definition) is 8. The van der Waals surface area contributed by atoms with Crippen molar-refractivity contribution in [2.24, 2.45) is 4.99 Å². The first-order chi connectivity index (χ1) is 11.6. The van der Waals surface area contributed by atoms with Crippen molar-refractivity contribution in [2.75, 3.05) is 7.11 Å². The molecule has 24 heavy (non-hydrogen) atoms. The number of aromatic hydroxyl groups is 3. The summed E-state index contributed by atoms with van der Waals surface area (Å²) in [6, 6.07) is 9.30. The monoisotopic (exact) mass is 343 g/mol. The SMILES string of the molecule is COc1cc(C=Nc2nnc(-c3ccc(O)c(O)c3)s2)ccc1O. The average molecular weight is 343 g/mol. The molecule has 0 aliphatic heterocycles. The number of benzene rings is 2. The van der Waals surface area contributed by atoms with Gasteiger partial charge in [0.15, 0.2) is 23.0 Å². The van der Waals surface area contributed by atoms with Gasteiger partial charge in [0.25, 0.3) is 0 Å². The Hall–Kier alpha value is -3.13. The van der Waals surface area contributed by atoms with Crippen molar-refractivity contribution in [1.82, 2.24) is 10.2 Å². The summed E-state index contributed by atoms with van der Waals surface area (Å²) in [6.45, 7) is 0. The molecule has 0 fully saturated rings. The van der Waals surface area contributed by atoms with Gasteiger partial charge in [-0.05, 0) is 42.0 Å². The van der Waals surface area contributed by atoms with Gasteiger partial charge in [0.1, 0.15) is 5.01 Å². The van der Waals surface area contributed by atoms with E-state index in [1.165, 1.54) is 36.6 Å². The van der Waals surface area contributed by atoms with Crippen LogP contribution < -0.4 is 4.74 Å². The molecule has 2 aromatic carbocycles. The van der Waals surface area contributed by atoms with Gasteiger partial charge in [0.05, 0.1) is 7.11 Å².